The zero-order valence-electron chi connectivity index (χ0n) is 13.6. The molecule has 3 aromatic rings. The second-order valence-corrected chi connectivity index (χ2v) is 6.31. The molecule has 0 bridgehead atoms. The fraction of sp³-hybridized carbons (Fsp3) is 0.235. The van der Waals surface area contributed by atoms with E-state index in [0.717, 1.165) is 5.56 Å². The van der Waals surface area contributed by atoms with Gasteiger partial charge in [-0.05, 0) is 30.7 Å². The van der Waals surface area contributed by atoms with E-state index in [4.69, 9.17) is 17.3 Å². The van der Waals surface area contributed by atoms with Crippen molar-refractivity contribution < 1.29 is 13.9 Å². The second kappa shape index (κ2) is 6.42. The van der Waals surface area contributed by atoms with Crippen LogP contribution in [-0.4, -0.2) is 28.0 Å². The third kappa shape index (κ3) is 3.20. The molecule has 1 atom stereocenters. The Morgan fingerprint density at radius 1 is 1.44 bits per heavy atom. The molecule has 6 nitrogen and oxygen atoms in total. The SMILES string of the molecule is COC(=O)C[C@](C)(N)c1cc(F)c2nc(-c3ccncc3)[nH]c2c1Cl. The predicted octanol–water partition coefficient (Wildman–Crippen LogP) is 3.15. The summed E-state index contributed by atoms with van der Waals surface area (Å²) >= 11 is 6.44. The van der Waals surface area contributed by atoms with Gasteiger partial charge in [-0.15, -0.1) is 0 Å². The first-order valence-corrected chi connectivity index (χ1v) is 7.85. The van der Waals surface area contributed by atoms with Crippen LogP contribution in [0.5, 0.6) is 0 Å². The van der Waals surface area contributed by atoms with E-state index in [-0.39, 0.29) is 17.0 Å². The standard InChI is InChI=1S/C17H16ClFN4O2/c1-17(20,8-12(24)25-2)10-7-11(19)14-15(13(10)18)23-16(22-14)9-3-5-21-6-4-9/h3-7H,8,20H2,1-2H3,(H,22,23)/t17-/m0/s1. The molecule has 2 aromatic heterocycles. The molecule has 3 rings (SSSR count). The average Bonchev–Trinajstić information content (AvgIpc) is 3.04. The van der Waals surface area contributed by atoms with E-state index in [1.165, 1.54) is 13.2 Å². The number of H-pyrrole nitrogens is 1. The Morgan fingerprint density at radius 3 is 2.76 bits per heavy atom. The molecule has 8 heteroatoms. The third-order valence-electron chi connectivity index (χ3n) is 3.97. The number of aromatic amines is 1. The van der Waals surface area contributed by atoms with Gasteiger partial charge in [0.05, 0.1) is 29.6 Å². The molecule has 25 heavy (non-hydrogen) atoms. The van der Waals surface area contributed by atoms with Gasteiger partial charge < -0.3 is 15.5 Å². The summed E-state index contributed by atoms with van der Waals surface area (Å²) < 4.78 is 19.2. The van der Waals surface area contributed by atoms with Crippen LogP contribution in [-0.2, 0) is 15.1 Å². The number of esters is 1. The molecule has 0 radical (unpaired) electrons. The maximum Gasteiger partial charge on any atom is 0.307 e. The molecular weight excluding hydrogens is 347 g/mol. The number of pyridine rings is 1. The van der Waals surface area contributed by atoms with Crippen molar-refractivity contribution in [2.45, 2.75) is 18.9 Å². The zero-order valence-corrected chi connectivity index (χ0v) is 14.4. The van der Waals surface area contributed by atoms with E-state index in [0.29, 0.717) is 16.9 Å². The molecule has 0 spiro atoms. The molecule has 3 N–H and O–H groups in total. The Labute approximate surface area is 148 Å². The molecule has 0 saturated carbocycles. The number of rotatable bonds is 4. The lowest BCUT2D eigenvalue weighted by Gasteiger charge is -2.25. The highest BCUT2D eigenvalue weighted by atomic mass is 35.5. The van der Waals surface area contributed by atoms with E-state index in [9.17, 15) is 9.18 Å². The fourth-order valence-electron chi connectivity index (χ4n) is 2.63. The lowest BCUT2D eigenvalue weighted by Crippen LogP contribution is -2.36. The van der Waals surface area contributed by atoms with Crippen LogP contribution in [0.1, 0.15) is 18.9 Å². The van der Waals surface area contributed by atoms with E-state index in [1.54, 1.807) is 31.5 Å². The smallest absolute Gasteiger partial charge is 0.307 e. The summed E-state index contributed by atoms with van der Waals surface area (Å²) in [5.74, 6) is -0.627. The number of imidazole rings is 1. The number of fused-ring (bicyclic) bond motifs is 1. The van der Waals surface area contributed by atoms with Crippen LogP contribution in [0.3, 0.4) is 0 Å². The molecule has 0 aliphatic heterocycles. The van der Waals surface area contributed by atoms with Crippen molar-refractivity contribution in [2.24, 2.45) is 5.73 Å². The first-order chi connectivity index (χ1) is 11.8. The summed E-state index contributed by atoms with van der Waals surface area (Å²) in [6.07, 6.45) is 3.08. The van der Waals surface area contributed by atoms with E-state index < -0.39 is 17.3 Å². The van der Waals surface area contributed by atoms with E-state index in [1.807, 2.05) is 0 Å². The number of carbonyl (C=O) groups is 1. The molecule has 0 unspecified atom stereocenters. The minimum Gasteiger partial charge on any atom is -0.469 e. The fourth-order valence-corrected chi connectivity index (χ4v) is 3.03. The van der Waals surface area contributed by atoms with Gasteiger partial charge in [-0.3, -0.25) is 9.78 Å². The highest BCUT2D eigenvalue weighted by molar-refractivity contribution is 6.36. The van der Waals surface area contributed by atoms with Crippen LogP contribution < -0.4 is 5.73 Å². The number of nitrogens with two attached hydrogens (primary N) is 1. The summed E-state index contributed by atoms with van der Waals surface area (Å²) in [5.41, 5.74) is 6.48. The number of nitrogens with zero attached hydrogens (tertiary/aromatic N) is 2. The van der Waals surface area contributed by atoms with Crippen molar-refractivity contribution in [3.05, 3.63) is 47.0 Å². The first-order valence-electron chi connectivity index (χ1n) is 7.48. The van der Waals surface area contributed by atoms with Crippen molar-refractivity contribution in [1.82, 2.24) is 15.0 Å². The molecule has 0 aliphatic carbocycles. The summed E-state index contributed by atoms with van der Waals surface area (Å²) in [4.78, 5) is 22.8. The highest BCUT2D eigenvalue weighted by Gasteiger charge is 2.30. The summed E-state index contributed by atoms with van der Waals surface area (Å²) in [6.45, 7) is 1.59. The van der Waals surface area contributed by atoms with Crippen molar-refractivity contribution in [2.75, 3.05) is 7.11 Å². The van der Waals surface area contributed by atoms with Crippen LogP contribution in [0.25, 0.3) is 22.4 Å². The van der Waals surface area contributed by atoms with Gasteiger partial charge in [-0.25, -0.2) is 9.37 Å². The summed E-state index contributed by atoms with van der Waals surface area (Å²) in [5, 5.41) is 0.220. The topological polar surface area (TPSA) is 93.9 Å². The Morgan fingerprint density at radius 2 is 2.12 bits per heavy atom. The predicted molar refractivity (Wildman–Crippen MR) is 92.5 cm³/mol. The number of carbonyl (C=O) groups excluding carboxylic acids is 1. The van der Waals surface area contributed by atoms with Crippen molar-refractivity contribution in [3.63, 3.8) is 0 Å². The van der Waals surface area contributed by atoms with Gasteiger partial charge in [0.15, 0.2) is 5.82 Å². The number of hydrogen-bond acceptors (Lipinski definition) is 5. The molecule has 0 fully saturated rings. The van der Waals surface area contributed by atoms with Gasteiger partial charge in [0.1, 0.15) is 11.3 Å². The normalized spacial score (nSPS) is 13.6. The van der Waals surface area contributed by atoms with Crippen molar-refractivity contribution >= 4 is 28.6 Å². The van der Waals surface area contributed by atoms with Crippen LogP contribution in [0.15, 0.2) is 30.6 Å². The van der Waals surface area contributed by atoms with Gasteiger partial charge in [-0.1, -0.05) is 11.6 Å². The average molecular weight is 363 g/mol. The number of aromatic nitrogens is 3. The van der Waals surface area contributed by atoms with Gasteiger partial charge in [0.2, 0.25) is 0 Å². The number of ether oxygens (including phenoxy) is 1. The summed E-state index contributed by atoms with van der Waals surface area (Å²) in [7, 11) is 1.26. The number of benzene rings is 1. The molecule has 0 saturated heterocycles. The second-order valence-electron chi connectivity index (χ2n) is 5.94. The zero-order chi connectivity index (χ0) is 18.2. The number of halogens is 2. The van der Waals surface area contributed by atoms with Gasteiger partial charge in [0, 0.05) is 18.0 Å². The molecule has 0 aliphatic rings. The van der Waals surface area contributed by atoms with Gasteiger partial charge >= 0.3 is 5.97 Å². The molecular formula is C17H16ClFN4O2. The highest BCUT2D eigenvalue weighted by Crippen LogP contribution is 2.36. The van der Waals surface area contributed by atoms with Crippen LogP contribution >= 0.6 is 11.6 Å². The maximum atomic E-state index is 14.6. The summed E-state index contributed by atoms with van der Waals surface area (Å²) in [6, 6.07) is 4.70. The maximum absolute atomic E-state index is 14.6. The van der Waals surface area contributed by atoms with Crippen LogP contribution in [0.2, 0.25) is 5.02 Å². The Hall–Kier alpha value is -2.51. The molecule has 1 aromatic carbocycles. The lowest BCUT2D eigenvalue weighted by molar-refractivity contribution is -0.141. The number of hydrogen-bond donors (Lipinski definition) is 2. The monoisotopic (exact) mass is 362 g/mol. The third-order valence-corrected chi connectivity index (χ3v) is 4.36. The van der Waals surface area contributed by atoms with Crippen molar-refractivity contribution in [1.29, 1.82) is 0 Å². The van der Waals surface area contributed by atoms with Crippen LogP contribution in [0, 0.1) is 5.82 Å². The first kappa shape index (κ1) is 17.3. The lowest BCUT2D eigenvalue weighted by atomic mass is 9.89. The van der Waals surface area contributed by atoms with Crippen LogP contribution in [0.4, 0.5) is 4.39 Å². The number of nitrogens with one attached hydrogen (secondary N) is 1. The van der Waals surface area contributed by atoms with E-state index >= 15 is 0 Å². The van der Waals surface area contributed by atoms with Gasteiger partial charge in [0.25, 0.3) is 0 Å². The largest absolute Gasteiger partial charge is 0.469 e. The minimum absolute atomic E-state index is 0.106. The Balaban J connectivity index is 2.14. The van der Waals surface area contributed by atoms with Crippen molar-refractivity contribution in [3.8, 4) is 11.4 Å². The number of methoxy groups -OCH3 is 1. The van der Waals surface area contributed by atoms with E-state index in [2.05, 4.69) is 19.7 Å². The molecule has 0 amide bonds. The molecule has 2 heterocycles. The molecule has 130 valence electrons. The van der Waals surface area contributed by atoms with Gasteiger partial charge in [-0.2, -0.15) is 0 Å². The Kier molecular flexibility index (Phi) is 4.45. The Bertz CT molecular complexity index is 941. The minimum atomic E-state index is -1.19. The quantitative estimate of drug-likeness (QED) is 0.695.